The first-order valence-corrected chi connectivity index (χ1v) is 4.42. The first kappa shape index (κ1) is 8.79. The molecule has 2 rings (SSSR count). The predicted molar refractivity (Wildman–Crippen MR) is 53.4 cm³/mol. The van der Waals surface area contributed by atoms with Gasteiger partial charge in [-0.05, 0) is 12.1 Å². The molecule has 1 aromatic carbocycles. The van der Waals surface area contributed by atoms with E-state index in [1.165, 1.54) is 0 Å². The van der Waals surface area contributed by atoms with E-state index < -0.39 is 0 Å². The van der Waals surface area contributed by atoms with Crippen molar-refractivity contribution in [1.82, 2.24) is 0 Å². The maximum absolute atomic E-state index is 8.50. The monoisotopic (exact) mass is 186 g/mol. The first-order chi connectivity index (χ1) is 6.81. The van der Waals surface area contributed by atoms with Gasteiger partial charge in [-0.1, -0.05) is 18.2 Å². The zero-order valence-electron chi connectivity index (χ0n) is 7.60. The van der Waals surface area contributed by atoms with Crippen LogP contribution in [0.25, 0.3) is 11.0 Å². The maximum Gasteiger partial charge on any atom is 0.134 e. The second-order valence-electron chi connectivity index (χ2n) is 3.16. The fourth-order valence-electron chi connectivity index (χ4n) is 1.38. The highest BCUT2D eigenvalue weighted by molar-refractivity contribution is 5.77. The molecular weight excluding hydrogens is 176 g/mol. The van der Waals surface area contributed by atoms with Gasteiger partial charge in [-0.3, -0.25) is 0 Å². The maximum atomic E-state index is 8.50. The first-order valence-electron chi connectivity index (χ1n) is 4.42. The van der Waals surface area contributed by atoms with Crippen LogP contribution in [0.3, 0.4) is 0 Å². The number of hydrogen-bond acceptors (Lipinski definition) is 3. The third-order valence-electron chi connectivity index (χ3n) is 2.12. The van der Waals surface area contributed by atoms with Crippen molar-refractivity contribution in [3.05, 3.63) is 36.1 Å². The topological polar surface area (TPSA) is 63.0 Å². The molecule has 0 aliphatic carbocycles. The average molecular weight is 186 g/mol. The zero-order valence-corrected chi connectivity index (χ0v) is 7.60. The summed E-state index contributed by atoms with van der Waals surface area (Å²) in [6.45, 7) is 0. The summed E-state index contributed by atoms with van der Waals surface area (Å²) in [7, 11) is 0. The molecule has 0 spiro atoms. The molecule has 1 aromatic heterocycles. The predicted octanol–water partition coefficient (Wildman–Crippen LogP) is 2.35. The van der Waals surface area contributed by atoms with Gasteiger partial charge in [0.1, 0.15) is 11.3 Å². The molecule has 2 N–H and O–H groups in total. The van der Waals surface area contributed by atoms with E-state index in [9.17, 15) is 0 Å². The molecule has 70 valence electrons. The molecule has 0 unspecified atom stereocenters. The molecular formula is C11H10N2O. The van der Waals surface area contributed by atoms with E-state index in [0.29, 0.717) is 5.76 Å². The number of furan rings is 1. The van der Waals surface area contributed by atoms with E-state index in [1.807, 2.05) is 36.4 Å². The Hall–Kier alpha value is -1.79. The highest BCUT2D eigenvalue weighted by Gasteiger charge is 2.10. The number of hydrogen-bond donors (Lipinski definition) is 1. The summed E-state index contributed by atoms with van der Waals surface area (Å²) in [5.74, 6) is 0.674. The van der Waals surface area contributed by atoms with Crippen LogP contribution in [0.5, 0.6) is 0 Å². The third kappa shape index (κ3) is 1.48. The Morgan fingerprint density at radius 3 is 2.93 bits per heavy atom. The second-order valence-corrected chi connectivity index (χ2v) is 3.16. The molecule has 0 saturated carbocycles. The van der Waals surface area contributed by atoms with Crippen molar-refractivity contribution >= 4 is 11.0 Å². The minimum Gasteiger partial charge on any atom is -0.459 e. The number of nitrogens with zero attached hydrogens (tertiary/aromatic N) is 1. The minimum atomic E-state index is -0.326. The molecule has 0 amide bonds. The van der Waals surface area contributed by atoms with E-state index in [-0.39, 0.29) is 12.5 Å². The van der Waals surface area contributed by atoms with Gasteiger partial charge >= 0.3 is 0 Å². The van der Waals surface area contributed by atoms with E-state index in [0.717, 1.165) is 11.0 Å². The molecule has 0 fully saturated rings. The van der Waals surface area contributed by atoms with Gasteiger partial charge in [0.05, 0.1) is 18.5 Å². The number of fused-ring (bicyclic) bond motifs is 1. The van der Waals surface area contributed by atoms with Crippen LogP contribution in [0.15, 0.2) is 34.7 Å². The molecule has 0 bridgehead atoms. The van der Waals surface area contributed by atoms with Crippen molar-refractivity contribution in [3.8, 4) is 6.07 Å². The van der Waals surface area contributed by atoms with E-state index in [1.54, 1.807) is 0 Å². The van der Waals surface area contributed by atoms with Crippen molar-refractivity contribution in [1.29, 1.82) is 5.26 Å². The van der Waals surface area contributed by atoms with Crippen LogP contribution in [0, 0.1) is 11.3 Å². The van der Waals surface area contributed by atoms with Crippen molar-refractivity contribution in [3.63, 3.8) is 0 Å². The number of nitriles is 1. The Labute approximate surface area is 81.7 Å². The van der Waals surface area contributed by atoms with Crippen LogP contribution in [0.1, 0.15) is 18.2 Å². The van der Waals surface area contributed by atoms with Gasteiger partial charge in [-0.25, -0.2) is 0 Å². The largest absolute Gasteiger partial charge is 0.459 e. The lowest BCUT2D eigenvalue weighted by Crippen LogP contribution is -2.07. The molecule has 14 heavy (non-hydrogen) atoms. The van der Waals surface area contributed by atoms with Gasteiger partial charge in [0, 0.05) is 5.39 Å². The molecule has 1 heterocycles. The van der Waals surface area contributed by atoms with Gasteiger partial charge in [0.25, 0.3) is 0 Å². The smallest absolute Gasteiger partial charge is 0.134 e. The van der Waals surface area contributed by atoms with Gasteiger partial charge in [0.15, 0.2) is 0 Å². The Bertz CT molecular complexity index is 448. The lowest BCUT2D eigenvalue weighted by Gasteiger charge is -2.00. The zero-order chi connectivity index (χ0) is 9.97. The Kier molecular flexibility index (Phi) is 2.21. The summed E-state index contributed by atoms with van der Waals surface area (Å²) in [6, 6.07) is 11.3. The molecule has 1 atom stereocenters. The number of benzene rings is 1. The summed E-state index contributed by atoms with van der Waals surface area (Å²) in [5.41, 5.74) is 6.57. The summed E-state index contributed by atoms with van der Waals surface area (Å²) in [5, 5.41) is 9.53. The Morgan fingerprint density at radius 2 is 2.21 bits per heavy atom. The summed E-state index contributed by atoms with van der Waals surface area (Å²) >= 11 is 0. The number of rotatable bonds is 2. The Balaban J connectivity index is 2.41. The number of para-hydroxylation sites is 1. The van der Waals surface area contributed by atoms with Gasteiger partial charge in [-0.2, -0.15) is 5.26 Å². The molecule has 2 aromatic rings. The molecule has 0 aliphatic rings. The standard InChI is InChI=1S/C11H10N2O/c12-6-5-9(13)11-7-8-3-1-2-4-10(8)14-11/h1-4,7,9H,5,13H2/t9-/m1/s1. The molecule has 0 aliphatic heterocycles. The van der Waals surface area contributed by atoms with E-state index in [2.05, 4.69) is 0 Å². The summed E-state index contributed by atoms with van der Waals surface area (Å²) in [6.07, 6.45) is 0.278. The second kappa shape index (κ2) is 3.52. The molecule has 3 heteroatoms. The van der Waals surface area contributed by atoms with Crippen LogP contribution in [-0.2, 0) is 0 Å². The quantitative estimate of drug-likeness (QED) is 0.782. The normalized spacial score (nSPS) is 12.6. The van der Waals surface area contributed by atoms with Gasteiger partial charge in [0.2, 0.25) is 0 Å². The van der Waals surface area contributed by atoms with Gasteiger partial charge in [-0.15, -0.1) is 0 Å². The van der Waals surface area contributed by atoms with Crippen molar-refractivity contribution in [2.24, 2.45) is 5.73 Å². The summed E-state index contributed by atoms with van der Waals surface area (Å²) < 4.78 is 5.51. The molecule has 3 nitrogen and oxygen atoms in total. The lowest BCUT2D eigenvalue weighted by atomic mass is 10.1. The van der Waals surface area contributed by atoms with Gasteiger partial charge < -0.3 is 10.2 Å². The average Bonchev–Trinajstić information content (AvgIpc) is 2.61. The van der Waals surface area contributed by atoms with E-state index in [4.69, 9.17) is 15.4 Å². The van der Waals surface area contributed by atoms with Crippen molar-refractivity contribution in [2.45, 2.75) is 12.5 Å². The molecule has 0 radical (unpaired) electrons. The SMILES string of the molecule is N#CC[C@@H](N)c1cc2ccccc2o1. The van der Waals surface area contributed by atoms with Crippen LogP contribution in [0.2, 0.25) is 0 Å². The molecule has 0 saturated heterocycles. The minimum absolute atomic E-state index is 0.278. The van der Waals surface area contributed by atoms with Crippen molar-refractivity contribution < 1.29 is 4.42 Å². The highest BCUT2D eigenvalue weighted by Crippen LogP contribution is 2.23. The fraction of sp³-hybridized carbons (Fsp3) is 0.182. The lowest BCUT2D eigenvalue weighted by molar-refractivity contribution is 0.499. The highest BCUT2D eigenvalue weighted by atomic mass is 16.3. The summed E-state index contributed by atoms with van der Waals surface area (Å²) in [4.78, 5) is 0. The third-order valence-corrected chi connectivity index (χ3v) is 2.12. The van der Waals surface area contributed by atoms with Crippen LogP contribution < -0.4 is 5.73 Å². The fourth-order valence-corrected chi connectivity index (χ4v) is 1.38. The van der Waals surface area contributed by atoms with Crippen LogP contribution >= 0.6 is 0 Å². The Morgan fingerprint density at radius 1 is 1.43 bits per heavy atom. The van der Waals surface area contributed by atoms with Crippen molar-refractivity contribution in [2.75, 3.05) is 0 Å². The van der Waals surface area contributed by atoms with E-state index >= 15 is 0 Å². The van der Waals surface area contributed by atoms with Crippen LogP contribution in [0.4, 0.5) is 0 Å². The number of nitrogens with two attached hydrogens (primary N) is 1. The van der Waals surface area contributed by atoms with Crippen LogP contribution in [-0.4, -0.2) is 0 Å².